The highest BCUT2D eigenvalue weighted by Gasteiger charge is 2.11. The Bertz CT molecular complexity index is 588. The predicted octanol–water partition coefficient (Wildman–Crippen LogP) is 4.94. The van der Waals surface area contributed by atoms with Crippen LogP contribution in [0, 0.1) is 11.6 Å². The van der Waals surface area contributed by atoms with E-state index in [9.17, 15) is 8.78 Å². The summed E-state index contributed by atoms with van der Waals surface area (Å²) >= 11 is 11.5. The molecule has 0 unspecified atom stereocenters. The molecular formula is C14H10Cl2F2O. The minimum Gasteiger partial charge on any atom is -0.485 e. The Kier molecular flexibility index (Phi) is 4.61. The van der Waals surface area contributed by atoms with Gasteiger partial charge in [0.25, 0.3) is 0 Å². The number of benzene rings is 2. The lowest BCUT2D eigenvalue weighted by atomic mass is 10.2. The highest BCUT2D eigenvalue weighted by atomic mass is 35.5. The minimum absolute atomic E-state index is 0.0388. The predicted molar refractivity (Wildman–Crippen MR) is 71.7 cm³/mol. The highest BCUT2D eigenvalue weighted by Crippen LogP contribution is 2.26. The summed E-state index contributed by atoms with van der Waals surface area (Å²) in [6.45, 7) is -0.114. The van der Waals surface area contributed by atoms with E-state index in [1.54, 1.807) is 12.1 Å². The van der Waals surface area contributed by atoms with E-state index in [2.05, 4.69) is 0 Å². The minimum atomic E-state index is -0.527. The van der Waals surface area contributed by atoms with Gasteiger partial charge in [0.15, 0.2) is 11.6 Å². The van der Waals surface area contributed by atoms with Crippen LogP contribution in [0.3, 0.4) is 0 Å². The zero-order valence-corrected chi connectivity index (χ0v) is 11.3. The molecule has 2 rings (SSSR count). The molecule has 2 aromatic carbocycles. The van der Waals surface area contributed by atoms with Gasteiger partial charge >= 0.3 is 0 Å². The van der Waals surface area contributed by atoms with Gasteiger partial charge in [-0.2, -0.15) is 0 Å². The van der Waals surface area contributed by atoms with Crippen molar-refractivity contribution < 1.29 is 13.5 Å². The molecule has 0 N–H and O–H groups in total. The lowest BCUT2D eigenvalue weighted by Gasteiger charge is -2.11. The van der Waals surface area contributed by atoms with Crippen molar-refractivity contribution in [3.05, 3.63) is 64.2 Å². The van der Waals surface area contributed by atoms with Crippen molar-refractivity contribution in [3.63, 3.8) is 0 Å². The van der Waals surface area contributed by atoms with E-state index < -0.39 is 11.6 Å². The second-order valence-corrected chi connectivity index (χ2v) is 4.59. The second kappa shape index (κ2) is 6.22. The summed E-state index contributed by atoms with van der Waals surface area (Å²) in [4.78, 5) is 0. The van der Waals surface area contributed by atoms with Crippen molar-refractivity contribution in [2.45, 2.75) is 12.5 Å². The lowest BCUT2D eigenvalue weighted by Crippen LogP contribution is -2.02. The van der Waals surface area contributed by atoms with Crippen molar-refractivity contribution in [2.24, 2.45) is 0 Å². The van der Waals surface area contributed by atoms with Gasteiger partial charge in [-0.1, -0.05) is 23.7 Å². The largest absolute Gasteiger partial charge is 0.485 e. The zero-order chi connectivity index (χ0) is 13.8. The van der Waals surface area contributed by atoms with Crippen LogP contribution < -0.4 is 4.74 Å². The molecule has 0 aromatic heterocycles. The maximum absolute atomic E-state index is 13.6. The van der Waals surface area contributed by atoms with Crippen molar-refractivity contribution in [1.82, 2.24) is 0 Å². The quantitative estimate of drug-likeness (QED) is 0.727. The van der Waals surface area contributed by atoms with E-state index >= 15 is 0 Å². The number of hydrogen-bond acceptors (Lipinski definition) is 1. The van der Waals surface area contributed by atoms with Crippen LogP contribution in [0.1, 0.15) is 11.1 Å². The fourth-order valence-electron chi connectivity index (χ4n) is 1.62. The summed E-state index contributed by atoms with van der Waals surface area (Å²) in [5, 5.41) is 0.395. The van der Waals surface area contributed by atoms with E-state index in [1.165, 1.54) is 24.3 Å². The third kappa shape index (κ3) is 3.37. The number of ether oxygens (including phenoxy) is 1. The molecule has 0 spiro atoms. The first-order valence-electron chi connectivity index (χ1n) is 5.52. The van der Waals surface area contributed by atoms with Gasteiger partial charge in [-0.25, -0.2) is 8.78 Å². The van der Waals surface area contributed by atoms with Gasteiger partial charge in [0.2, 0.25) is 0 Å². The average Bonchev–Trinajstić information content (AvgIpc) is 2.40. The molecule has 0 amide bonds. The molecular weight excluding hydrogens is 293 g/mol. The molecule has 0 saturated heterocycles. The van der Waals surface area contributed by atoms with E-state index in [0.29, 0.717) is 10.6 Å². The Morgan fingerprint density at radius 2 is 1.79 bits per heavy atom. The Morgan fingerprint density at radius 1 is 1.00 bits per heavy atom. The van der Waals surface area contributed by atoms with Crippen molar-refractivity contribution in [2.75, 3.05) is 0 Å². The van der Waals surface area contributed by atoms with Crippen LogP contribution >= 0.6 is 23.2 Å². The van der Waals surface area contributed by atoms with E-state index in [0.717, 1.165) is 0 Å². The average molecular weight is 303 g/mol. The molecule has 0 aliphatic rings. The molecule has 0 saturated carbocycles. The van der Waals surface area contributed by atoms with Crippen LogP contribution in [-0.4, -0.2) is 0 Å². The Labute approximate surface area is 119 Å². The van der Waals surface area contributed by atoms with Gasteiger partial charge < -0.3 is 4.74 Å². The highest BCUT2D eigenvalue weighted by molar-refractivity contribution is 6.30. The molecule has 0 heterocycles. The first-order valence-corrected chi connectivity index (χ1v) is 6.43. The number of alkyl halides is 1. The van der Waals surface area contributed by atoms with E-state index in [1.807, 2.05) is 0 Å². The fraction of sp³-hybridized carbons (Fsp3) is 0.143. The van der Waals surface area contributed by atoms with Crippen LogP contribution in [0.25, 0.3) is 0 Å². The molecule has 2 aromatic rings. The molecule has 0 bridgehead atoms. The monoisotopic (exact) mass is 302 g/mol. The van der Waals surface area contributed by atoms with Crippen LogP contribution in [0.5, 0.6) is 5.75 Å². The normalized spacial score (nSPS) is 10.5. The Morgan fingerprint density at radius 3 is 2.53 bits per heavy atom. The summed E-state index contributed by atoms with van der Waals surface area (Å²) in [5.41, 5.74) is 0.778. The summed E-state index contributed by atoms with van der Waals surface area (Å²) in [6, 6.07) is 8.58. The summed E-state index contributed by atoms with van der Waals surface area (Å²) in [5.74, 6) is -0.823. The Balaban J connectivity index is 2.21. The topological polar surface area (TPSA) is 9.23 Å². The maximum atomic E-state index is 13.6. The number of hydrogen-bond donors (Lipinski definition) is 0. The smallest absolute Gasteiger partial charge is 0.165 e. The summed E-state index contributed by atoms with van der Waals surface area (Å²) in [6.07, 6.45) is 0. The van der Waals surface area contributed by atoms with Gasteiger partial charge in [-0.05, 0) is 24.3 Å². The van der Waals surface area contributed by atoms with Crippen molar-refractivity contribution >= 4 is 23.2 Å². The summed E-state index contributed by atoms with van der Waals surface area (Å²) in [7, 11) is 0. The molecule has 5 heteroatoms. The third-order valence-corrected chi connectivity index (χ3v) is 3.10. The third-order valence-electron chi connectivity index (χ3n) is 2.57. The fourth-order valence-corrected chi connectivity index (χ4v) is 2.03. The van der Waals surface area contributed by atoms with E-state index in [-0.39, 0.29) is 23.8 Å². The molecule has 0 aliphatic heterocycles. The van der Waals surface area contributed by atoms with Gasteiger partial charge in [0.05, 0.1) is 5.88 Å². The molecule has 0 fully saturated rings. The van der Waals surface area contributed by atoms with Gasteiger partial charge in [-0.3, -0.25) is 0 Å². The lowest BCUT2D eigenvalue weighted by molar-refractivity contribution is 0.282. The summed E-state index contributed by atoms with van der Waals surface area (Å²) < 4.78 is 32.4. The first-order chi connectivity index (χ1) is 9.11. The molecule has 1 nitrogen and oxygen atoms in total. The molecule has 0 radical (unpaired) electrons. The van der Waals surface area contributed by atoms with Gasteiger partial charge in [0.1, 0.15) is 12.4 Å². The second-order valence-electron chi connectivity index (χ2n) is 3.89. The van der Waals surface area contributed by atoms with Gasteiger partial charge in [0, 0.05) is 16.1 Å². The van der Waals surface area contributed by atoms with Crippen LogP contribution in [0.15, 0.2) is 36.4 Å². The molecule has 0 atom stereocenters. The Hall–Kier alpha value is -1.32. The van der Waals surface area contributed by atoms with Crippen molar-refractivity contribution in [1.29, 1.82) is 0 Å². The molecule has 100 valence electrons. The van der Waals surface area contributed by atoms with Crippen LogP contribution in [-0.2, 0) is 12.5 Å². The maximum Gasteiger partial charge on any atom is 0.165 e. The zero-order valence-electron chi connectivity index (χ0n) is 9.80. The molecule has 19 heavy (non-hydrogen) atoms. The number of halogens is 4. The van der Waals surface area contributed by atoms with Gasteiger partial charge in [-0.15, -0.1) is 11.6 Å². The van der Waals surface area contributed by atoms with Crippen LogP contribution in [0.2, 0.25) is 5.02 Å². The molecule has 0 aliphatic carbocycles. The van der Waals surface area contributed by atoms with E-state index in [4.69, 9.17) is 27.9 Å². The standard InChI is InChI=1S/C14H10Cl2F2O/c15-7-9-2-1-3-13(18)14(9)19-8-10-6-11(16)4-5-12(10)17/h1-6H,7-8H2. The van der Waals surface area contributed by atoms with Crippen molar-refractivity contribution in [3.8, 4) is 5.75 Å². The number of para-hydroxylation sites is 1. The number of rotatable bonds is 4. The first kappa shape index (κ1) is 14.1. The van der Waals surface area contributed by atoms with Crippen LogP contribution in [0.4, 0.5) is 8.78 Å². The SMILES string of the molecule is Fc1ccc(Cl)cc1COc1c(F)cccc1CCl.